The summed E-state index contributed by atoms with van der Waals surface area (Å²) in [4.78, 5) is 14.8. The lowest BCUT2D eigenvalue weighted by Gasteiger charge is -2.40. The van der Waals surface area contributed by atoms with Crippen molar-refractivity contribution in [3.8, 4) is 0 Å². The maximum absolute atomic E-state index is 12.6. The molecule has 0 bridgehead atoms. The van der Waals surface area contributed by atoms with Crippen LogP contribution in [0.2, 0.25) is 0 Å². The summed E-state index contributed by atoms with van der Waals surface area (Å²) in [6, 6.07) is 0. The Morgan fingerprint density at radius 3 is 2.29 bits per heavy atom. The Bertz CT molecular complexity index is 357. The topological polar surface area (TPSA) is 91.0 Å². The number of hydrogen-bond donors (Lipinski definition) is 3. The van der Waals surface area contributed by atoms with Crippen LogP contribution < -0.4 is 11.1 Å². The minimum Gasteiger partial charge on any atom is -0.409 e. The van der Waals surface area contributed by atoms with Crippen LogP contribution in [0.25, 0.3) is 0 Å². The molecule has 0 aromatic rings. The average Bonchev–Trinajstić information content (AvgIpc) is 2.48. The van der Waals surface area contributed by atoms with Gasteiger partial charge in [-0.2, -0.15) is 0 Å². The predicted molar refractivity (Wildman–Crippen MR) is 84.3 cm³/mol. The SMILES string of the molecule is CCCC(CCC)C(=O)NC1(C(N)=NO)CCN(C)CC1. The Hall–Kier alpha value is -1.30. The average molecular weight is 298 g/mol. The highest BCUT2D eigenvalue weighted by Gasteiger charge is 2.40. The van der Waals surface area contributed by atoms with Crippen molar-refractivity contribution >= 4 is 11.7 Å². The van der Waals surface area contributed by atoms with Gasteiger partial charge >= 0.3 is 0 Å². The third-order valence-corrected chi connectivity index (χ3v) is 4.45. The van der Waals surface area contributed by atoms with Gasteiger partial charge in [0.15, 0.2) is 5.84 Å². The number of carbonyl (C=O) groups excluding carboxylic acids is 1. The van der Waals surface area contributed by atoms with Gasteiger partial charge in [0.05, 0.1) is 0 Å². The minimum absolute atomic E-state index is 0.0167. The maximum Gasteiger partial charge on any atom is 0.223 e. The lowest BCUT2D eigenvalue weighted by Crippen LogP contribution is -2.62. The molecule has 1 amide bonds. The van der Waals surface area contributed by atoms with Crippen LogP contribution in [0.1, 0.15) is 52.4 Å². The fraction of sp³-hybridized carbons (Fsp3) is 0.867. The van der Waals surface area contributed by atoms with Gasteiger partial charge in [0.1, 0.15) is 5.54 Å². The highest BCUT2D eigenvalue weighted by atomic mass is 16.4. The van der Waals surface area contributed by atoms with Crippen molar-refractivity contribution in [3.63, 3.8) is 0 Å². The van der Waals surface area contributed by atoms with Gasteiger partial charge < -0.3 is 21.2 Å². The van der Waals surface area contributed by atoms with E-state index < -0.39 is 5.54 Å². The van der Waals surface area contributed by atoms with Gasteiger partial charge in [-0.1, -0.05) is 31.8 Å². The molecule has 1 fully saturated rings. The second-order valence-electron chi connectivity index (χ2n) is 6.13. The van der Waals surface area contributed by atoms with Gasteiger partial charge in [-0.05, 0) is 32.7 Å². The number of piperidine rings is 1. The molecule has 0 spiro atoms. The van der Waals surface area contributed by atoms with Crippen LogP contribution in [0.15, 0.2) is 5.16 Å². The third kappa shape index (κ3) is 4.59. The predicted octanol–water partition coefficient (Wildman–Crippen LogP) is 1.53. The largest absolute Gasteiger partial charge is 0.409 e. The van der Waals surface area contributed by atoms with Crippen molar-refractivity contribution in [2.75, 3.05) is 20.1 Å². The lowest BCUT2D eigenvalue weighted by atomic mass is 9.85. The molecule has 1 aliphatic heterocycles. The van der Waals surface area contributed by atoms with Crippen LogP contribution in [0.5, 0.6) is 0 Å². The van der Waals surface area contributed by atoms with E-state index >= 15 is 0 Å². The highest BCUT2D eigenvalue weighted by Crippen LogP contribution is 2.24. The van der Waals surface area contributed by atoms with Crippen LogP contribution in [-0.2, 0) is 4.79 Å². The lowest BCUT2D eigenvalue weighted by molar-refractivity contribution is -0.127. The molecule has 6 heteroatoms. The number of nitrogens with zero attached hydrogens (tertiary/aromatic N) is 2. The Labute approximate surface area is 127 Å². The quantitative estimate of drug-likeness (QED) is 0.288. The first-order valence-corrected chi connectivity index (χ1v) is 7.97. The van der Waals surface area contributed by atoms with Gasteiger partial charge in [0.25, 0.3) is 0 Å². The van der Waals surface area contributed by atoms with Gasteiger partial charge in [-0.3, -0.25) is 4.79 Å². The molecular weight excluding hydrogens is 268 g/mol. The van der Waals surface area contributed by atoms with E-state index in [1.54, 1.807) is 0 Å². The number of likely N-dealkylation sites (tertiary alicyclic amines) is 1. The molecule has 0 saturated carbocycles. The molecule has 1 aliphatic rings. The van der Waals surface area contributed by atoms with E-state index in [1.807, 2.05) is 7.05 Å². The van der Waals surface area contributed by atoms with Gasteiger partial charge in [0, 0.05) is 19.0 Å². The number of oxime groups is 1. The summed E-state index contributed by atoms with van der Waals surface area (Å²) >= 11 is 0. The molecule has 0 atom stereocenters. The molecule has 21 heavy (non-hydrogen) atoms. The first-order valence-electron chi connectivity index (χ1n) is 7.97. The monoisotopic (exact) mass is 298 g/mol. The van der Waals surface area contributed by atoms with Crippen LogP contribution in [-0.4, -0.2) is 47.5 Å². The van der Waals surface area contributed by atoms with Crippen molar-refractivity contribution in [2.24, 2.45) is 16.8 Å². The minimum atomic E-state index is -0.696. The standard InChI is InChI=1S/C15H30N4O2/c1-4-6-12(7-5-2)13(20)17-15(14(16)18-21)8-10-19(3)11-9-15/h12,21H,4-11H2,1-3H3,(H2,16,18)(H,17,20). The fourth-order valence-corrected chi connectivity index (χ4v) is 2.98. The molecular formula is C15H30N4O2. The zero-order chi connectivity index (χ0) is 15.9. The Morgan fingerprint density at radius 2 is 1.86 bits per heavy atom. The van der Waals surface area contributed by atoms with Crippen molar-refractivity contribution in [3.05, 3.63) is 0 Å². The van der Waals surface area contributed by atoms with E-state index in [2.05, 4.69) is 29.2 Å². The molecule has 1 saturated heterocycles. The summed E-state index contributed by atoms with van der Waals surface area (Å²) in [6.45, 7) is 5.82. The Balaban J connectivity index is 2.83. The van der Waals surface area contributed by atoms with Crippen LogP contribution >= 0.6 is 0 Å². The summed E-state index contributed by atoms with van der Waals surface area (Å²) in [5.74, 6) is 0.175. The highest BCUT2D eigenvalue weighted by molar-refractivity contribution is 5.94. The van der Waals surface area contributed by atoms with E-state index in [1.165, 1.54) is 0 Å². The number of rotatable bonds is 7. The molecule has 122 valence electrons. The summed E-state index contributed by atoms with van der Waals surface area (Å²) in [5.41, 5.74) is 5.19. The van der Waals surface area contributed by atoms with Gasteiger partial charge in [-0.15, -0.1) is 0 Å². The molecule has 0 aliphatic carbocycles. The number of hydrogen-bond acceptors (Lipinski definition) is 4. The van der Waals surface area contributed by atoms with E-state index in [9.17, 15) is 4.79 Å². The molecule has 4 N–H and O–H groups in total. The molecule has 0 radical (unpaired) electrons. The summed E-state index contributed by atoms with van der Waals surface area (Å²) in [6.07, 6.45) is 5.08. The van der Waals surface area contributed by atoms with Gasteiger partial charge in [-0.25, -0.2) is 0 Å². The molecule has 1 rings (SSSR count). The molecule has 1 heterocycles. The zero-order valence-corrected chi connectivity index (χ0v) is 13.6. The second-order valence-corrected chi connectivity index (χ2v) is 6.13. The fourth-order valence-electron chi connectivity index (χ4n) is 2.98. The van der Waals surface area contributed by atoms with Crippen molar-refractivity contribution < 1.29 is 10.0 Å². The van der Waals surface area contributed by atoms with E-state index in [4.69, 9.17) is 10.9 Å². The second kappa shape index (κ2) is 8.22. The number of amides is 1. The summed E-state index contributed by atoms with van der Waals surface area (Å²) < 4.78 is 0. The van der Waals surface area contributed by atoms with Crippen molar-refractivity contribution in [1.82, 2.24) is 10.2 Å². The molecule has 0 aromatic heterocycles. The van der Waals surface area contributed by atoms with Gasteiger partial charge in [0.2, 0.25) is 5.91 Å². The summed E-state index contributed by atoms with van der Waals surface area (Å²) in [5, 5.41) is 15.3. The normalized spacial score (nSPS) is 19.7. The molecule has 0 aromatic carbocycles. The third-order valence-electron chi connectivity index (χ3n) is 4.45. The van der Waals surface area contributed by atoms with Crippen molar-refractivity contribution in [1.29, 1.82) is 0 Å². The van der Waals surface area contributed by atoms with E-state index in [-0.39, 0.29) is 17.7 Å². The molecule has 0 unspecified atom stereocenters. The first-order chi connectivity index (χ1) is 9.99. The Kier molecular flexibility index (Phi) is 6.95. The maximum atomic E-state index is 12.6. The number of nitrogens with one attached hydrogen (secondary N) is 1. The Morgan fingerprint density at radius 1 is 1.33 bits per heavy atom. The smallest absolute Gasteiger partial charge is 0.223 e. The van der Waals surface area contributed by atoms with Crippen LogP contribution in [0.3, 0.4) is 0 Å². The van der Waals surface area contributed by atoms with E-state index in [0.29, 0.717) is 12.8 Å². The van der Waals surface area contributed by atoms with Crippen LogP contribution in [0, 0.1) is 5.92 Å². The summed E-state index contributed by atoms with van der Waals surface area (Å²) in [7, 11) is 2.04. The first kappa shape index (κ1) is 17.8. The van der Waals surface area contributed by atoms with E-state index in [0.717, 1.165) is 38.8 Å². The molecule has 6 nitrogen and oxygen atoms in total. The number of nitrogens with two attached hydrogens (primary N) is 1. The van der Waals surface area contributed by atoms with Crippen molar-refractivity contribution in [2.45, 2.75) is 57.9 Å². The zero-order valence-electron chi connectivity index (χ0n) is 13.6. The number of carbonyl (C=O) groups is 1. The van der Waals surface area contributed by atoms with Crippen LogP contribution in [0.4, 0.5) is 0 Å². The number of amidine groups is 1.